The van der Waals surface area contributed by atoms with Gasteiger partial charge in [-0.05, 0) is 47.1 Å². The predicted molar refractivity (Wildman–Crippen MR) is 131 cm³/mol. The van der Waals surface area contributed by atoms with Crippen molar-refractivity contribution in [1.82, 2.24) is 15.0 Å². The molecule has 0 spiro atoms. The van der Waals surface area contributed by atoms with Gasteiger partial charge in [0.25, 0.3) is 6.01 Å². The first kappa shape index (κ1) is 23.4. The van der Waals surface area contributed by atoms with Gasteiger partial charge in [0.1, 0.15) is 15.9 Å². The number of aromatic amines is 1. The number of ether oxygens (including phenoxy) is 3. The highest BCUT2D eigenvalue weighted by molar-refractivity contribution is 14.1. The summed E-state index contributed by atoms with van der Waals surface area (Å²) in [5, 5.41) is 0.736. The largest absolute Gasteiger partial charge is 0.456 e. The number of rotatable bonds is 6. The smallest absolute Gasteiger partial charge is 0.296 e. The molecule has 0 aliphatic carbocycles. The molecule has 2 aliphatic rings. The maximum atomic E-state index is 6.57. The Kier molecular flexibility index (Phi) is 6.48. The van der Waals surface area contributed by atoms with Crippen molar-refractivity contribution in [3.05, 3.63) is 26.9 Å². The molecular formula is C21H29ClIN3O4Si. The van der Waals surface area contributed by atoms with Crippen LogP contribution in [0.25, 0.3) is 11.2 Å². The topological polar surface area (TPSA) is 78.5 Å². The SMILES string of the molecule is C=CCc1c(Cl)c(I)nc2nc(O[C@@H]3CO[C@H]4[C@@H]3OC[C@H]4O[Si](C)(C)C(C)(C)C)[nH]c12. The molecule has 4 atom stereocenters. The maximum absolute atomic E-state index is 6.57. The Balaban J connectivity index is 1.50. The van der Waals surface area contributed by atoms with Crippen LogP contribution in [0.2, 0.25) is 23.2 Å². The number of allylic oxidation sites excluding steroid dienone is 1. The molecular weight excluding hydrogens is 549 g/mol. The van der Waals surface area contributed by atoms with Crippen LogP contribution in [0.4, 0.5) is 0 Å². The van der Waals surface area contributed by atoms with Gasteiger partial charge in [-0.15, -0.1) is 6.58 Å². The highest BCUT2D eigenvalue weighted by Crippen LogP contribution is 2.40. The van der Waals surface area contributed by atoms with Crippen LogP contribution in [0, 0.1) is 3.70 Å². The van der Waals surface area contributed by atoms with Crippen LogP contribution >= 0.6 is 34.2 Å². The molecule has 4 heterocycles. The van der Waals surface area contributed by atoms with Crippen molar-refractivity contribution in [1.29, 1.82) is 0 Å². The molecule has 0 amide bonds. The Hall–Kier alpha value is -0.723. The van der Waals surface area contributed by atoms with Crippen LogP contribution in [0.15, 0.2) is 12.7 Å². The summed E-state index contributed by atoms with van der Waals surface area (Å²) in [6.07, 6.45) is 1.76. The van der Waals surface area contributed by atoms with Gasteiger partial charge < -0.3 is 23.6 Å². The minimum absolute atomic E-state index is 0.0728. The summed E-state index contributed by atoms with van der Waals surface area (Å²) in [4.78, 5) is 12.2. The van der Waals surface area contributed by atoms with Gasteiger partial charge >= 0.3 is 0 Å². The monoisotopic (exact) mass is 577 g/mol. The molecule has 0 bridgehead atoms. The fraction of sp³-hybridized carbons (Fsp3) is 0.619. The van der Waals surface area contributed by atoms with Crippen molar-refractivity contribution in [2.45, 2.75) is 69.7 Å². The summed E-state index contributed by atoms with van der Waals surface area (Å²) in [5.41, 5.74) is 2.25. The van der Waals surface area contributed by atoms with Crippen LogP contribution in [0.1, 0.15) is 26.3 Å². The zero-order valence-corrected chi connectivity index (χ0v) is 22.4. The first-order chi connectivity index (χ1) is 14.5. The van der Waals surface area contributed by atoms with E-state index in [1.165, 1.54) is 0 Å². The van der Waals surface area contributed by atoms with Crippen molar-refractivity contribution in [3.8, 4) is 6.01 Å². The van der Waals surface area contributed by atoms with Crippen molar-refractivity contribution in [3.63, 3.8) is 0 Å². The summed E-state index contributed by atoms with van der Waals surface area (Å²) in [7, 11) is -1.92. The van der Waals surface area contributed by atoms with E-state index in [0.717, 1.165) is 11.1 Å². The second-order valence-electron chi connectivity index (χ2n) is 9.60. The molecule has 0 unspecified atom stereocenters. The average molecular weight is 578 g/mol. The van der Waals surface area contributed by atoms with Crippen molar-refractivity contribution in [2.75, 3.05) is 13.2 Å². The Bertz CT molecular complexity index is 993. The van der Waals surface area contributed by atoms with E-state index in [1.807, 2.05) is 6.08 Å². The number of nitrogens with one attached hydrogen (secondary N) is 1. The molecule has 2 aromatic heterocycles. The van der Waals surface area contributed by atoms with Crippen molar-refractivity contribution < 1.29 is 18.6 Å². The Labute approximate surface area is 202 Å². The van der Waals surface area contributed by atoms with Crippen LogP contribution < -0.4 is 4.74 Å². The lowest BCUT2D eigenvalue weighted by molar-refractivity contribution is 0.0116. The number of hydrogen-bond donors (Lipinski definition) is 1. The molecule has 0 radical (unpaired) electrons. The molecule has 1 N–H and O–H groups in total. The van der Waals surface area contributed by atoms with Crippen molar-refractivity contribution >= 4 is 53.7 Å². The molecule has 170 valence electrons. The lowest BCUT2D eigenvalue weighted by atomic mass is 10.1. The molecule has 0 aromatic carbocycles. The third-order valence-corrected chi connectivity index (χ3v) is 12.5. The lowest BCUT2D eigenvalue weighted by Gasteiger charge is -2.39. The third-order valence-electron chi connectivity index (χ3n) is 6.44. The van der Waals surface area contributed by atoms with Gasteiger partial charge in [-0.1, -0.05) is 38.4 Å². The summed E-state index contributed by atoms with van der Waals surface area (Å²) >= 11 is 8.56. The third kappa shape index (κ3) is 4.41. The van der Waals surface area contributed by atoms with Crippen LogP contribution in [-0.2, 0) is 20.3 Å². The predicted octanol–water partition coefficient (Wildman–Crippen LogP) is 4.88. The Morgan fingerprint density at radius 1 is 1.23 bits per heavy atom. The second kappa shape index (κ2) is 8.57. The quantitative estimate of drug-likeness (QED) is 0.228. The molecule has 4 rings (SSSR count). The lowest BCUT2D eigenvalue weighted by Crippen LogP contribution is -2.47. The number of pyridine rings is 1. The molecule has 2 saturated heterocycles. The van der Waals surface area contributed by atoms with Gasteiger partial charge in [-0.3, -0.25) is 0 Å². The molecule has 2 fully saturated rings. The second-order valence-corrected chi connectivity index (χ2v) is 15.8. The van der Waals surface area contributed by atoms with E-state index in [9.17, 15) is 0 Å². The summed E-state index contributed by atoms with van der Waals surface area (Å²) in [6.45, 7) is 16.0. The normalized spacial score (nSPS) is 26.4. The van der Waals surface area contributed by atoms with E-state index >= 15 is 0 Å². The fourth-order valence-electron chi connectivity index (χ4n) is 3.73. The van der Waals surface area contributed by atoms with Gasteiger partial charge in [0.05, 0.1) is 29.9 Å². The fourth-order valence-corrected chi connectivity index (χ4v) is 5.81. The molecule has 7 nitrogen and oxygen atoms in total. The van der Waals surface area contributed by atoms with E-state index in [1.54, 1.807) is 0 Å². The molecule has 0 saturated carbocycles. The zero-order chi connectivity index (χ0) is 22.6. The number of imidazole rings is 1. The minimum atomic E-state index is -1.92. The summed E-state index contributed by atoms with van der Waals surface area (Å²) in [6, 6.07) is 0.387. The Morgan fingerprint density at radius 3 is 2.52 bits per heavy atom. The number of halogens is 2. The molecule has 2 aromatic rings. The van der Waals surface area contributed by atoms with Gasteiger partial charge in [0.15, 0.2) is 20.1 Å². The molecule has 2 aliphatic heterocycles. The number of H-pyrrole nitrogens is 1. The average Bonchev–Trinajstić information content (AvgIpc) is 3.35. The number of fused-ring (bicyclic) bond motifs is 2. The van der Waals surface area contributed by atoms with E-state index in [0.29, 0.717) is 40.0 Å². The Morgan fingerprint density at radius 2 is 1.87 bits per heavy atom. The van der Waals surface area contributed by atoms with Crippen LogP contribution in [0.3, 0.4) is 0 Å². The first-order valence-corrected chi connectivity index (χ1v) is 14.8. The number of hydrogen-bond acceptors (Lipinski definition) is 6. The van der Waals surface area contributed by atoms with Crippen LogP contribution in [0.5, 0.6) is 6.01 Å². The van der Waals surface area contributed by atoms with Gasteiger partial charge in [-0.2, -0.15) is 4.98 Å². The maximum Gasteiger partial charge on any atom is 0.296 e. The minimum Gasteiger partial charge on any atom is -0.456 e. The summed E-state index contributed by atoms with van der Waals surface area (Å²) in [5.74, 6) is 0. The highest BCUT2D eigenvalue weighted by atomic mass is 127. The van der Waals surface area contributed by atoms with E-state index in [2.05, 4.69) is 78.0 Å². The number of aromatic nitrogens is 3. The first-order valence-electron chi connectivity index (χ1n) is 10.4. The van der Waals surface area contributed by atoms with E-state index in [4.69, 9.17) is 30.2 Å². The van der Waals surface area contributed by atoms with Gasteiger partial charge in [0, 0.05) is 5.56 Å². The highest BCUT2D eigenvalue weighted by Gasteiger charge is 2.52. The van der Waals surface area contributed by atoms with Crippen molar-refractivity contribution in [2.24, 2.45) is 0 Å². The van der Waals surface area contributed by atoms with E-state index in [-0.39, 0.29) is 29.5 Å². The zero-order valence-electron chi connectivity index (χ0n) is 18.5. The van der Waals surface area contributed by atoms with Gasteiger partial charge in [0.2, 0.25) is 0 Å². The molecule has 31 heavy (non-hydrogen) atoms. The number of nitrogens with zero attached hydrogens (tertiary/aromatic N) is 2. The van der Waals surface area contributed by atoms with Crippen LogP contribution in [-0.4, -0.2) is 60.9 Å². The van der Waals surface area contributed by atoms with Gasteiger partial charge in [-0.25, -0.2) is 4.98 Å². The summed E-state index contributed by atoms with van der Waals surface area (Å²) < 4.78 is 25.6. The van der Waals surface area contributed by atoms with E-state index < -0.39 is 8.32 Å². The standard InChI is InChI=1S/C21H29ClIN3O4Si/c1-7-8-11-14(22)18(23)25-19-15(11)24-20(26-19)29-12-9-27-17-13(10-28-16(12)17)30-31(5,6)21(2,3)4/h7,12-13,16-17H,1,8-10H2,2-6H3,(H,24,25,26)/t12-,13-,16-,17-/m1/s1. The molecule has 10 heteroatoms.